The van der Waals surface area contributed by atoms with Crippen molar-refractivity contribution in [2.45, 2.75) is 24.4 Å². The van der Waals surface area contributed by atoms with E-state index in [0.29, 0.717) is 16.3 Å². The monoisotopic (exact) mass is 283 g/mol. The quantitative estimate of drug-likeness (QED) is 0.274. The number of aromatic nitrogens is 3. The molecule has 0 spiro atoms. The van der Waals surface area contributed by atoms with Crippen LogP contribution >= 0.6 is 17.9 Å². The van der Waals surface area contributed by atoms with E-state index in [9.17, 15) is 9.79 Å². The summed E-state index contributed by atoms with van der Waals surface area (Å²) in [5.41, 5.74) is 7.95. The molecule has 0 saturated carbocycles. The highest BCUT2D eigenvalue weighted by Crippen LogP contribution is 2.49. The molecule has 1 heterocycles. The lowest BCUT2D eigenvalue weighted by atomic mass is 10.3. The maximum Gasteiger partial charge on any atom is 0.207 e. The summed E-state index contributed by atoms with van der Waals surface area (Å²) in [5.74, 6) is 0. The van der Waals surface area contributed by atoms with Gasteiger partial charge in [-0.3, -0.25) is 0 Å². The zero-order valence-corrected chi connectivity index (χ0v) is 11.4. The first-order chi connectivity index (χ1) is 7.25. The summed E-state index contributed by atoms with van der Waals surface area (Å²) in [4.78, 5) is 19.2. The number of nitrogens with two attached hydrogens (primary N) is 2. The van der Waals surface area contributed by atoms with E-state index in [2.05, 4.69) is 27.7 Å². The molecule has 1 atom stereocenters. The van der Waals surface area contributed by atoms with Crippen molar-refractivity contribution in [1.82, 2.24) is 15.4 Å². The molecule has 1 unspecified atom stereocenters. The molecule has 10 heteroatoms. The van der Waals surface area contributed by atoms with E-state index in [1.54, 1.807) is 13.8 Å². The highest BCUT2D eigenvalue weighted by Gasteiger charge is 2.22. The molecule has 0 aliphatic rings. The second-order valence-corrected chi connectivity index (χ2v) is 10.9. The molecule has 16 heavy (non-hydrogen) atoms. The molecule has 0 aliphatic heterocycles. The van der Waals surface area contributed by atoms with Gasteiger partial charge in [0.25, 0.3) is 0 Å². The number of thiol groups is 1. The lowest BCUT2D eigenvalue weighted by Crippen LogP contribution is -2.36. The maximum absolute atomic E-state index is 9.61. The van der Waals surface area contributed by atoms with Crippen LogP contribution in [0, 0.1) is 13.8 Å². The Bertz CT molecular complexity index is 452. The van der Waals surface area contributed by atoms with Crippen molar-refractivity contribution in [1.29, 1.82) is 0 Å². The normalized spacial score (nSPS) is 14.2. The molecular formula is C6H14N5O2PS2. The van der Waals surface area contributed by atoms with Gasteiger partial charge in [0.15, 0.2) is 0 Å². The van der Waals surface area contributed by atoms with Gasteiger partial charge in [-0.25, -0.2) is 0 Å². The van der Waals surface area contributed by atoms with E-state index >= 15 is 0 Å². The van der Waals surface area contributed by atoms with Gasteiger partial charge in [-0.15, -0.1) is 10.2 Å². The largest absolute Gasteiger partial charge is 0.341 e. The van der Waals surface area contributed by atoms with Crippen molar-refractivity contribution in [3.05, 3.63) is 11.3 Å². The van der Waals surface area contributed by atoms with Crippen LogP contribution in [-0.4, -0.2) is 30.7 Å². The van der Waals surface area contributed by atoms with Gasteiger partial charge >= 0.3 is 0 Å². The Morgan fingerprint density at radius 1 is 1.31 bits per heavy atom. The minimum atomic E-state index is -3.51. The van der Waals surface area contributed by atoms with Crippen LogP contribution < -0.4 is 11.5 Å². The zero-order valence-electron chi connectivity index (χ0n) is 8.77. The maximum atomic E-state index is 9.61. The summed E-state index contributed by atoms with van der Waals surface area (Å²) in [6.45, 7) is 3.49. The molecule has 0 amide bonds. The predicted octanol–water partition coefficient (Wildman–Crippen LogP) is -0.741. The van der Waals surface area contributed by atoms with Gasteiger partial charge in [-0.05, 0) is 29.1 Å². The molecule has 0 bridgehead atoms. The van der Waals surface area contributed by atoms with E-state index in [4.69, 9.17) is 11.5 Å². The molecule has 92 valence electrons. The average Bonchev–Trinajstić information content (AvgIpc) is 2.09. The van der Waals surface area contributed by atoms with Gasteiger partial charge in [0, 0.05) is 5.56 Å². The van der Waals surface area contributed by atoms with Gasteiger partial charge in [0.1, 0.15) is 10.5 Å². The van der Waals surface area contributed by atoms with Gasteiger partial charge in [0.2, 0.25) is 5.69 Å². The Kier molecular flexibility index (Phi) is 4.47. The van der Waals surface area contributed by atoms with Crippen molar-refractivity contribution in [3.63, 3.8) is 0 Å². The Hall–Kier alpha value is -0.0200. The Morgan fingerprint density at radius 2 is 1.88 bits per heavy atom. The van der Waals surface area contributed by atoms with Crippen molar-refractivity contribution in [3.8, 4) is 0 Å². The van der Waals surface area contributed by atoms with E-state index in [-0.39, 0.29) is 0 Å². The predicted molar refractivity (Wildman–Crippen MR) is 67.4 cm³/mol. The minimum absolute atomic E-state index is 0.357. The van der Waals surface area contributed by atoms with Gasteiger partial charge in [-0.1, -0.05) is 12.2 Å². The first-order valence-electron chi connectivity index (χ1n) is 4.24. The summed E-state index contributed by atoms with van der Waals surface area (Å²) >= 11 is 3.77. The van der Waals surface area contributed by atoms with Crippen LogP contribution in [0.4, 0.5) is 0 Å². The number of hydrogen-bond acceptors (Lipinski definition) is 5. The topological polar surface area (TPSA) is 131 Å². The molecule has 0 aliphatic carbocycles. The van der Waals surface area contributed by atoms with Crippen LogP contribution in [0.5, 0.6) is 0 Å². The summed E-state index contributed by atoms with van der Waals surface area (Å²) < 4.78 is 0. The zero-order chi connectivity index (χ0) is 12.5. The van der Waals surface area contributed by atoms with Crippen LogP contribution in [0.25, 0.3) is 0 Å². The van der Waals surface area contributed by atoms with Gasteiger partial charge in [0.05, 0.1) is 5.69 Å². The van der Waals surface area contributed by atoms with E-state index < -0.39 is 21.3 Å². The van der Waals surface area contributed by atoms with Crippen molar-refractivity contribution >= 4 is 28.0 Å². The van der Waals surface area contributed by atoms with Crippen LogP contribution in [0.1, 0.15) is 11.3 Å². The molecule has 0 radical (unpaired) electrons. The van der Waals surface area contributed by atoms with Gasteiger partial charge in [-0.2, -0.15) is 0 Å². The first-order valence-corrected chi connectivity index (χ1v) is 8.98. The third kappa shape index (κ3) is 3.01. The molecule has 0 aromatic carbocycles. The SMILES string of the molecule is Cc1nnnc(S(C(N)N)=P(O)(O)S)c1C. The Morgan fingerprint density at radius 3 is 2.31 bits per heavy atom. The first kappa shape index (κ1) is 14.0. The second kappa shape index (κ2) is 5.09. The molecule has 7 nitrogen and oxygen atoms in total. The lowest BCUT2D eigenvalue weighted by Gasteiger charge is -2.19. The standard InChI is InChI=1S/C6H14N5O2PS2/c1-3-4(2)9-11-10-5(3)16(6(7)8)14(12,13)15/h6,12-13,15H,7-8H2,1-2H3. The Labute approximate surface area is 101 Å². The van der Waals surface area contributed by atoms with Crippen LogP contribution in [0.2, 0.25) is 0 Å². The minimum Gasteiger partial charge on any atom is -0.341 e. The molecule has 0 saturated heterocycles. The van der Waals surface area contributed by atoms with Crippen molar-refractivity contribution in [2.75, 3.05) is 0 Å². The van der Waals surface area contributed by atoms with Crippen molar-refractivity contribution in [2.24, 2.45) is 11.5 Å². The number of aryl methyl sites for hydroxylation is 1. The van der Waals surface area contributed by atoms with Crippen molar-refractivity contribution < 1.29 is 9.79 Å². The summed E-state index contributed by atoms with van der Waals surface area (Å²) in [6.07, 6.45) is 0. The molecule has 6 N–H and O–H groups in total. The molecule has 1 rings (SSSR count). The molecule has 1 aromatic heterocycles. The van der Waals surface area contributed by atoms with E-state index in [1.165, 1.54) is 0 Å². The van der Waals surface area contributed by atoms with E-state index in [0.717, 1.165) is 0 Å². The molecule has 0 fully saturated rings. The summed E-state index contributed by atoms with van der Waals surface area (Å²) in [5, 5.41) is 11.4. The van der Waals surface area contributed by atoms with E-state index in [1.807, 2.05) is 0 Å². The highest BCUT2D eigenvalue weighted by atomic mass is 32.9. The fourth-order valence-corrected chi connectivity index (χ4v) is 6.31. The number of nitrogens with zero attached hydrogens (tertiary/aromatic N) is 3. The fraction of sp³-hybridized carbons (Fsp3) is 0.500. The Balaban J connectivity index is 3.53. The highest BCUT2D eigenvalue weighted by molar-refractivity contribution is 8.65. The van der Waals surface area contributed by atoms with Crippen LogP contribution in [-0.2, 0) is 10.1 Å². The van der Waals surface area contributed by atoms with Crippen LogP contribution in [0.15, 0.2) is 5.03 Å². The summed E-state index contributed by atoms with van der Waals surface area (Å²) in [6, 6.07) is 0. The number of rotatable bonds is 2. The van der Waals surface area contributed by atoms with Crippen LogP contribution in [0.3, 0.4) is 0 Å². The second-order valence-electron chi connectivity index (χ2n) is 3.10. The molecular weight excluding hydrogens is 269 g/mol. The smallest absolute Gasteiger partial charge is 0.207 e. The fourth-order valence-electron chi connectivity index (χ4n) is 1.04. The van der Waals surface area contributed by atoms with Gasteiger partial charge < -0.3 is 21.3 Å². The third-order valence-corrected chi connectivity index (χ3v) is 8.16. The third-order valence-electron chi connectivity index (χ3n) is 1.91. The number of hydrogen-bond donors (Lipinski definition) is 5. The lowest BCUT2D eigenvalue weighted by molar-refractivity contribution is 0.501. The average molecular weight is 283 g/mol. The summed E-state index contributed by atoms with van der Waals surface area (Å²) in [7, 11) is -1.25. The molecule has 1 aromatic rings.